The van der Waals surface area contributed by atoms with E-state index in [-0.39, 0.29) is 18.1 Å². The molecule has 27 heavy (non-hydrogen) atoms. The molecule has 2 aromatic rings. The number of hydrogen-bond donors (Lipinski definition) is 0. The third-order valence-electron chi connectivity index (χ3n) is 3.66. The fourth-order valence-corrected chi connectivity index (χ4v) is 2.30. The summed E-state index contributed by atoms with van der Waals surface area (Å²) in [5.74, 6) is -0.000281. The molecule has 0 amide bonds. The smallest absolute Gasteiger partial charge is 0.416 e. The van der Waals surface area contributed by atoms with Crippen LogP contribution in [0.5, 0.6) is 5.75 Å². The maximum absolute atomic E-state index is 13.2. The first-order valence-electron chi connectivity index (χ1n) is 8.32. The van der Waals surface area contributed by atoms with Gasteiger partial charge in [0.05, 0.1) is 17.9 Å². The molecule has 0 unspecified atom stereocenters. The second-order valence-electron chi connectivity index (χ2n) is 6.03. The van der Waals surface area contributed by atoms with Gasteiger partial charge in [-0.1, -0.05) is 12.1 Å². The maximum Gasteiger partial charge on any atom is 0.416 e. The van der Waals surface area contributed by atoms with E-state index in [4.69, 9.17) is 9.47 Å². The molecule has 1 heterocycles. The molecule has 5 nitrogen and oxygen atoms in total. The van der Waals surface area contributed by atoms with Crippen LogP contribution >= 0.6 is 0 Å². The van der Waals surface area contributed by atoms with E-state index in [0.29, 0.717) is 11.3 Å². The van der Waals surface area contributed by atoms with Gasteiger partial charge in [0, 0.05) is 19.7 Å². The molecule has 0 spiro atoms. The van der Waals surface area contributed by atoms with Crippen LogP contribution in [-0.2, 0) is 15.7 Å². The van der Waals surface area contributed by atoms with Gasteiger partial charge in [-0.2, -0.15) is 13.2 Å². The first-order valence-corrected chi connectivity index (χ1v) is 8.32. The summed E-state index contributed by atoms with van der Waals surface area (Å²) in [5, 5.41) is 0. The zero-order chi connectivity index (χ0) is 20.2. The third kappa shape index (κ3) is 5.35. The van der Waals surface area contributed by atoms with Gasteiger partial charge in [0.15, 0.2) is 6.10 Å². The zero-order valence-electron chi connectivity index (χ0n) is 15.5. The number of benzene rings is 1. The Morgan fingerprint density at radius 2 is 1.93 bits per heavy atom. The minimum absolute atomic E-state index is 0.155. The van der Waals surface area contributed by atoms with E-state index < -0.39 is 23.8 Å². The lowest BCUT2D eigenvalue weighted by Crippen LogP contribution is -2.26. The maximum atomic E-state index is 13.2. The monoisotopic (exact) mass is 382 g/mol. The average Bonchev–Trinajstić information content (AvgIpc) is 2.61. The molecule has 0 saturated carbocycles. The zero-order valence-corrected chi connectivity index (χ0v) is 15.5. The van der Waals surface area contributed by atoms with Crippen LogP contribution in [0, 0.1) is 0 Å². The van der Waals surface area contributed by atoms with Crippen molar-refractivity contribution in [3.8, 4) is 17.0 Å². The van der Waals surface area contributed by atoms with Crippen LogP contribution in [0.25, 0.3) is 11.3 Å². The van der Waals surface area contributed by atoms with Crippen LogP contribution in [-0.4, -0.2) is 37.8 Å². The number of esters is 1. The molecule has 0 fully saturated rings. The normalized spacial score (nSPS) is 12.4. The Morgan fingerprint density at radius 3 is 2.52 bits per heavy atom. The summed E-state index contributed by atoms with van der Waals surface area (Å²) in [5.41, 5.74) is -0.192. The van der Waals surface area contributed by atoms with Gasteiger partial charge < -0.3 is 14.4 Å². The van der Waals surface area contributed by atoms with E-state index in [1.165, 1.54) is 17.9 Å². The lowest BCUT2D eigenvalue weighted by Gasteiger charge is -2.17. The van der Waals surface area contributed by atoms with Crippen molar-refractivity contribution in [3.63, 3.8) is 0 Å². The van der Waals surface area contributed by atoms with Crippen LogP contribution in [0.2, 0.25) is 0 Å². The summed E-state index contributed by atoms with van der Waals surface area (Å²) in [6, 6.07) is 8.38. The summed E-state index contributed by atoms with van der Waals surface area (Å²) in [6.07, 6.45) is -5.33. The highest BCUT2D eigenvalue weighted by Crippen LogP contribution is 2.34. The number of alkyl halides is 3. The van der Waals surface area contributed by atoms with Crippen LogP contribution in [0.3, 0.4) is 0 Å². The van der Waals surface area contributed by atoms with Gasteiger partial charge in [-0.15, -0.1) is 0 Å². The minimum atomic E-state index is -4.49. The number of pyridine rings is 1. The number of hydrogen-bond acceptors (Lipinski definition) is 5. The molecule has 0 aliphatic carbocycles. The van der Waals surface area contributed by atoms with Crippen molar-refractivity contribution >= 4 is 11.8 Å². The number of carbonyl (C=O) groups is 1. The van der Waals surface area contributed by atoms with Crippen molar-refractivity contribution in [1.82, 2.24) is 4.98 Å². The Labute approximate surface area is 155 Å². The number of halogens is 3. The van der Waals surface area contributed by atoms with Crippen molar-refractivity contribution in [1.29, 1.82) is 0 Å². The van der Waals surface area contributed by atoms with Gasteiger partial charge in [-0.05, 0) is 38.1 Å². The summed E-state index contributed by atoms with van der Waals surface area (Å²) in [4.78, 5) is 17.5. The van der Waals surface area contributed by atoms with Crippen LogP contribution in [0.1, 0.15) is 19.4 Å². The Kier molecular flexibility index (Phi) is 6.30. The van der Waals surface area contributed by atoms with Crippen molar-refractivity contribution in [2.45, 2.75) is 26.1 Å². The first-order chi connectivity index (χ1) is 12.6. The number of ether oxygens (including phenoxy) is 2. The molecule has 2 rings (SSSR count). The molecule has 8 heteroatoms. The Hall–Kier alpha value is -2.77. The summed E-state index contributed by atoms with van der Waals surface area (Å²) < 4.78 is 50.1. The third-order valence-corrected chi connectivity index (χ3v) is 3.66. The molecule has 0 aliphatic rings. The molecule has 1 aromatic heterocycles. The molecule has 0 radical (unpaired) electrons. The van der Waals surface area contributed by atoms with Crippen LogP contribution in [0.15, 0.2) is 36.4 Å². The highest BCUT2D eigenvalue weighted by molar-refractivity contribution is 5.74. The van der Waals surface area contributed by atoms with Crippen molar-refractivity contribution < 1.29 is 27.4 Å². The predicted molar refractivity (Wildman–Crippen MR) is 95.7 cm³/mol. The standard InChI is InChI=1S/C19H21F3N2O3/c1-5-26-18(25)12(2)27-15-8-6-7-13(9-15)16-10-14(19(20,21)22)11-17(23-16)24(3)4/h6-12H,5H2,1-4H3/t12-/m0/s1. The molecule has 0 bridgehead atoms. The summed E-state index contributed by atoms with van der Waals surface area (Å²) in [7, 11) is 3.24. The molecular formula is C19H21F3N2O3. The van der Waals surface area contributed by atoms with E-state index in [1.54, 1.807) is 39.2 Å². The molecule has 0 N–H and O–H groups in total. The van der Waals surface area contributed by atoms with Gasteiger partial charge >= 0.3 is 12.1 Å². The molecule has 1 atom stereocenters. The lowest BCUT2D eigenvalue weighted by atomic mass is 10.1. The van der Waals surface area contributed by atoms with E-state index in [9.17, 15) is 18.0 Å². The van der Waals surface area contributed by atoms with E-state index >= 15 is 0 Å². The highest BCUT2D eigenvalue weighted by atomic mass is 19.4. The SMILES string of the molecule is CCOC(=O)[C@H](C)Oc1cccc(-c2cc(C(F)(F)F)cc(N(C)C)n2)c1. The number of carbonyl (C=O) groups excluding carboxylic acids is 1. The van der Waals surface area contributed by atoms with Crippen molar-refractivity contribution in [2.24, 2.45) is 0 Å². The number of rotatable bonds is 6. The fourth-order valence-electron chi connectivity index (χ4n) is 2.30. The molecule has 146 valence electrons. The minimum Gasteiger partial charge on any atom is -0.479 e. The second-order valence-corrected chi connectivity index (χ2v) is 6.03. The molecule has 1 aromatic carbocycles. The topological polar surface area (TPSA) is 51.7 Å². The fraction of sp³-hybridized carbons (Fsp3) is 0.368. The van der Waals surface area contributed by atoms with Gasteiger partial charge in [-0.3, -0.25) is 0 Å². The summed E-state index contributed by atoms with van der Waals surface area (Å²) >= 11 is 0. The second kappa shape index (κ2) is 8.28. The van der Waals surface area contributed by atoms with E-state index in [2.05, 4.69) is 4.98 Å². The predicted octanol–water partition coefficient (Wildman–Crippen LogP) is 4.16. The Balaban J connectivity index is 2.38. The van der Waals surface area contributed by atoms with Gasteiger partial charge in [0.1, 0.15) is 11.6 Å². The lowest BCUT2D eigenvalue weighted by molar-refractivity contribution is -0.150. The first kappa shape index (κ1) is 20.5. The van der Waals surface area contributed by atoms with Crippen LogP contribution in [0.4, 0.5) is 19.0 Å². The highest BCUT2D eigenvalue weighted by Gasteiger charge is 2.32. The number of nitrogens with zero attached hydrogens (tertiary/aromatic N) is 2. The summed E-state index contributed by atoms with van der Waals surface area (Å²) in [6.45, 7) is 3.46. The molecule has 0 saturated heterocycles. The van der Waals surface area contributed by atoms with Crippen molar-refractivity contribution in [2.75, 3.05) is 25.6 Å². The van der Waals surface area contributed by atoms with Gasteiger partial charge in [0.25, 0.3) is 0 Å². The molecular weight excluding hydrogens is 361 g/mol. The van der Waals surface area contributed by atoms with E-state index in [1.807, 2.05) is 0 Å². The van der Waals surface area contributed by atoms with Gasteiger partial charge in [0.2, 0.25) is 0 Å². The van der Waals surface area contributed by atoms with Crippen molar-refractivity contribution in [3.05, 3.63) is 42.0 Å². The van der Waals surface area contributed by atoms with E-state index in [0.717, 1.165) is 12.1 Å². The Morgan fingerprint density at radius 1 is 1.22 bits per heavy atom. The number of aromatic nitrogens is 1. The Bertz CT molecular complexity index is 807. The number of anilines is 1. The largest absolute Gasteiger partial charge is 0.479 e. The quantitative estimate of drug-likeness (QED) is 0.702. The average molecular weight is 382 g/mol. The van der Waals surface area contributed by atoms with Gasteiger partial charge in [-0.25, -0.2) is 9.78 Å². The molecule has 0 aliphatic heterocycles. The van der Waals surface area contributed by atoms with Crippen LogP contribution < -0.4 is 9.64 Å².